The first kappa shape index (κ1) is 66.5. The molecule has 0 saturated carbocycles. The Kier molecular flexibility index (Phi) is 17.3. The van der Waals surface area contributed by atoms with Gasteiger partial charge in [-0.15, -0.1) is 0 Å². The number of halogens is 40. The molecule has 0 radical (unpaired) electrons. The highest BCUT2D eigenvalue weighted by atomic mass is 19.4. The molecule has 0 atom stereocenters. The molecule has 0 bridgehead atoms. The van der Waals surface area contributed by atoms with Crippen molar-refractivity contribution in [3.63, 3.8) is 0 Å². The molecule has 0 heterocycles. The number of alkyl halides is 39. The highest BCUT2D eigenvalue weighted by Gasteiger charge is 2.83. The first-order valence-electron chi connectivity index (χ1n) is 13.9. The maximum atomic E-state index is 13.6. The van der Waals surface area contributed by atoms with Crippen molar-refractivity contribution in [2.45, 2.75) is 116 Å². The Labute approximate surface area is 346 Å². The SMILES string of the molecule is O=C(F)C(F)(F)OC(F)(F)C(F)(F)OC(F)(F)C(F)(F)OC(F)(F)C(F)(F)OC(F)(F)C(F)(F)OC(F)(F)C(F)(F)OC(F)(F)C(F)(F)OC(F)(F)C(F)(F)OC(F)(F)C(F)(F)OC(F)(F)C(F)(F)F. The molecule has 0 fully saturated rings. The van der Waals surface area contributed by atoms with Crippen molar-refractivity contribution in [1.29, 1.82) is 0 Å². The van der Waals surface area contributed by atoms with Crippen LogP contribution in [0.5, 0.6) is 0 Å². The highest BCUT2D eigenvalue weighted by molar-refractivity contribution is 5.74. The Hall–Kier alpha value is -3.49. The summed E-state index contributed by atoms with van der Waals surface area (Å²) >= 11 is 0. The van der Waals surface area contributed by atoms with Crippen LogP contribution in [0.2, 0.25) is 0 Å². The molecule has 0 spiro atoms. The van der Waals surface area contributed by atoms with E-state index in [9.17, 15) is 180 Å². The summed E-state index contributed by atoms with van der Waals surface area (Å²) in [7, 11) is 0. The maximum Gasteiger partial charge on any atom is 0.483 e. The fraction of sp³-hybridized carbons (Fsp3) is 0.950. The summed E-state index contributed by atoms with van der Waals surface area (Å²) in [5, 5.41) is 0. The molecule has 0 amide bonds. The van der Waals surface area contributed by atoms with Crippen LogP contribution in [0.1, 0.15) is 0 Å². The smallest absolute Gasteiger partial charge is 0.251 e. The van der Waals surface area contributed by atoms with Gasteiger partial charge in [0.25, 0.3) is 0 Å². The third-order valence-electron chi connectivity index (χ3n) is 5.58. The lowest BCUT2D eigenvalue weighted by Crippen LogP contribution is -2.63. The van der Waals surface area contributed by atoms with E-state index in [1.807, 2.05) is 0 Å². The number of carbonyl (C=O) groups excluding carboxylic acids is 1. The van der Waals surface area contributed by atoms with Crippen molar-refractivity contribution in [2.75, 3.05) is 0 Å². The quantitative estimate of drug-likeness (QED) is 0.0584. The van der Waals surface area contributed by atoms with E-state index >= 15 is 0 Å². The molecule has 50 heteroatoms. The molecule has 420 valence electrons. The largest absolute Gasteiger partial charge is 0.483 e. The van der Waals surface area contributed by atoms with E-state index < -0.39 is 122 Å². The summed E-state index contributed by atoms with van der Waals surface area (Å²) in [6.07, 6.45) is -158. The van der Waals surface area contributed by atoms with Crippen LogP contribution in [0.4, 0.5) is 176 Å². The maximum absolute atomic E-state index is 13.6. The van der Waals surface area contributed by atoms with E-state index in [0.717, 1.165) is 37.9 Å². The van der Waals surface area contributed by atoms with Crippen molar-refractivity contribution in [3.05, 3.63) is 0 Å². The van der Waals surface area contributed by atoms with Crippen LogP contribution >= 0.6 is 0 Å². The van der Waals surface area contributed by atoms with E-state index in [1.54, 1.807) is 0 Å². The molecule has 0 N–H and O–H groups in total. The predicted molar refractivity (Wildman–Crippen MR) is 111 cm³/mol. The van der Waals surface area contributed by atoms with Crippen molar-refractivity contribution >= 4 is 6.04 Å². The second-order valence-electron chi connectivity index (χ2n) is 11.0. The number of hydrogen-bond acceptors (Lipinski definition) is 10. The van der Waals surface area contributed by atoms with Crippen LogP contribution < -0.4 is 0 Å². The topological polar surface area (TPSA) is 100 Å². The summed E-state index contributed by atoms with van der Waals surface area (Å²) in [5.74, 6) is 0. The van der Waals surface area contributed by atoms with Crippen LogP contribution in [0.25, 0.3) is 0 Å². The fourth-order valence-electron chi connectivity index (χ4n) is 2.50. The molecular formula is C20F40O10. The van der Waals surface area contributed by atoms with Gasteiger partial charge in [0.1, 0.15) is 0 Å². The second-order valence-corrected chi connectivity index (χ2v) is 11.0. The van der Waals surface area contributed by atoms with Crippen LogP contribution in [0, 0.1) is 0 Å². The van der Waals surface area contributed by atoms with Gasteiger partial charge < -0.3 is 0 Å². The first-order valence-corrected chi connectivity index (χ1v) is 13.9. The van der Waals surface area contributed by atoms with Gasteiger partial charge in [-0.3, -0.25) is 4.79 Å². The Morgan fingerprint density at radius 2 is 0.286 bits per heavy atom. The summed E-state index contributed by atoms with van der Waals surface area (Å²) in [6, 6.07) is -4.58. The lowest BCUT2D eigenvalue weighted by Gasteiger charge is -2.37. The summed E-state index contributed by atoms with van der Waals surface area (Å²) in [6.45, 7) is 0. The molecule has 0 aliphatic rings. The van der Waals surface area contributed by atoms with Gasteiger partial charge in [0.15, 0.2) is 0 Å². The number of hydrogen-bond donors (Lipinski definition) is 0. The zero-order chi connectivity index (χ0) is 57.4. The van der Waals surface area contributed by atoms with Gasteiger partial charge in [-0.25, -0.2) is 42.6 Å². The van der Waals surface area contributed by atoms with Gasteiger partial charge in [0, 0.05) is 0 Å². The van der Waals surface area contributed by atoms with Crippen molar-refractivity contribution in [1.82, 2.24) is 0 Å². The Morgan fingerprint density at radius 1 is 0.186 bits per heavy atom. The summed E-state index contributed by atoms with van der Waals surface area (Å²) in [4.78, 5) is 9.71. The number of ether oxygens (including phenoxy) is 9. The molecule has 0 aromatic heterocycles. The molecule has 0 unspecified atom stereocenters. The molecule has 0 aromatic carbocycles. The summed E-state index contributed by atoms with van der Waals surface area (Å²) in [5.41, 5.74) is 0. The van der Waals surface area contributed by atoms with E-state index in [2.05, 4.69) is 0 Å². The van der Waals surface area contributed by atoms with Crippen molar-refractivity contribution in [2.24, 2.45) is 0 Å². The van der Waals surface area contributed by atoms with Crippen LogP contribution in [0.3, 0.4) is 0 Å². The average molecular weight is 1160 g/mol. The zero-order valence-corrected chi connectivity index (χ0v) is 29.2. The van der Waals surface area contributed by atoms with Crippen molar-refractivity contribution < 1.29 is 223 Å². The number of rotatable bonds is 27. The number of carbonyl (C=O) groups is 1. The Morgan fingerprint density at radius 3 is 0.386 bits per heavy atom. The van der Waals surface area contributed by atoms with Gasteiger partial charge in [0.2, 0.25) is 0 Å². The van der Waals surface area contributed by atoms with Crippen LogP contribution in [-0.2, 0) is 47.4 Å². The minimum absolute atomic E-state index is 0.875. The van der Waals surface area contributed by atoms with E-state index in [0.29, 0.717) is 0 Å². The zero-order valence-electron chi connectivity index (χ0n) is 29.2. The molecular weight excluding hydrogens is 1160 g/mol. The molecule has 0 aliphatic carbocycles. The van der Waals surface area contributed by atoms with Gasteiger partial charge >= 0.3 is 122 Å². The molecule has 70 heavy (non-hydrogen) atoms. The third kappa shape index (κ3) is 13.8. The standard InChI is InChI=1S/C20F40O10/c21-1(61)2(22,23)62-5(29,30)6(31,32)64-9(37,38)10(39,40)66-13(45,46)14(47,48)68-17(53,54)18(55,56)70-20(59,60)19(57,58)69-16(51,52)15(49,50)67-12(43,44)11(41,42)65-8(35,36)7(33,34)63-4(27,28)3(24,25)26. The van der Waals surface area contributed by atoms with E-state index in [-0.39, 0.29) is 0 Å². The van der Waals surface area contributed by atoms with Gasteiger partial charge in [0.05, 0.1) is 0 Å². The minimum Gasteiger partial charge on any atom is -0.251 e. The first-order chi connectivity index (χ1) is 29.6. The van der Waals surface area contributed by atoms with Crippen LogP contribution in [0.15, 0.2) is 0 Å². The van der Waals surface area contributed by atoms with Crippen LogP contribution in [-0.4, -0.2) is 122 Å². The highest BCUT2D eigenvalue weighted by Crippen LogP contribution is 2.57. The summed E-state index contributed by atoms with van der Waals surface area (Å²) < 4.78 is 536. The Balaban J connectivity index is 6.58. The van der Waals surface area contributed by atoms with Crippen molar-refractivity contribution in [3.8, 4) is 0 Å². The molecule has 0 saturated heterocycles. The lowest BCUT2D eigenvalue weighted by molar-refractivity contribution is -0.602. The second kappa shape index (κ2) is 18.2. The minimum atomic E-state index is -8.72. The fourth-order valence-corrected chi connectivity index (χ4v) is 2.50. The molecule has 0 aliphatic heterocycles. The monoisotopic (exact) mass is 1160 g/mol. The van der Waals surface area contributed by atoms with E-state index in [1.165, 1.54) is 4.74 Å². The third-order valence-corrected chi connectivity index (χ3v) is 5.58. The normalized spacial score (nSPS) is 16.6. The Bertz CT molecular complexity index is 1820. The van der Waals surface area contributed by atoms with E-state index in [4.69, 9.17) is 0 Å². The lowest BCUT2D eigenvalue weighted by atomic mass is 10.4. The van der Waals surface area contributed by atoms with Gasteiger partial charge in [-0.2, -0.15) is 176 Å². The molecule has 10 nitrogen and oxygen atoms in total. The average Bonchev–Trinajstić information content (AvgIpc) is 2.99. The molecule has 0 aromatic rings. The predicted octanol–water partition coefficient (Wildman–Crippen LogP) is 11.9. The van der Waals surface area contributed by atoms with Gasteiger partial charge in [-0.1, -0.05) is 0 Å². The van der Waals surface area contributed by atoms with Gasteiger partial charge in [-0.05, 0) is 0 Å². The molecule has 0 rings (SSSR count).